The van der Waals surface area contributed by atoms with E-state index in [-0.39, 0.29) is 0 Å². The van der Waals surface area contributed by atoms with Crippen LogP contribution in [-0.2, 0) is 12.8 Å². The molecule has 0 aliphatic heterocycles. The number of nitrogens with zero attached hydrogens (tertiary/aromatic N) is 2. The van der Waals surface area contributed by atoms with Crippen LogP contribution in [0.1, 0.15) is 43.4 Å². The molecule has 0 saturated heterocycles. The van der Waals surface area contributed by atoms with Gasteiger partial charge in [0.15, 0.2) is 5.82 Å². The van der Waals surface area contributed by atoms with Gasteiger partial charge in [-0.2, -0.15) is 5.10 Å². The fourth-order valence-corrected chi connectivity index (χ4v) is 1.93. The summed E-state index contributed by atoms with van der Waals surface area (Å²) in [4.78, 5) is 4.48. The quantitative estimate of drug-likeness (QED) is 0.867. The van der Waals surface area contributed by atoms with Gasteiger partial charge in [-0.25, -0.2) is 4.98 Å². The Kier molecular flexibility index (Phi) is 4.55. The summed E-state index contributed by atoms with van der Waals surface area (Å²) < 4.78 is 5.14. The standard InChI is InChI=1S/C15H21N3O/c1-11(2)15-16-14(17-18-15)6-4-5-12-7-9-13(19-3)10-8-12/h7-11H,4-6H2,1-3H3,(H,16,17,18). The van der Waals surface area contributed by atoms with Crippen LogP contribution < -0.4 is 4.74 Å². The second kappa shape index (κ2) is 6.36. The summed E-state index contributed by atoms with van der Waals surface area (Å²) in [5.41, 5.74) is 1.32. The van der Waals surface area contributed by atoms with Crippen LogP contribution in [0, 0.1) is 0 Å². The maximum atomic E-state index is 5.14. The minimum absolute atomic E-state index is 0.381. The van der Waals surface area contributed by atoms with Crippen molar-refractivity contribution >= 4 is 0 Å². The predicted molar refractivity (Wildman–Crippen MR) is 75.5 cm³/mol. The summed E-state index contributed by atoms with van der Waals surface area (Å²) in [5.74, 6) is 3.17. The number of nitrogens with one attached hydrogen (secondary N) is 1. The zero-order valence-electron chi connectivity index (χ0n) is 11.8. The van der Waals surface area contributed by atoms with Gasteiger partial charge in [-0.05, 0) is 30.5 Å². The first-order chi connectivity index (χ1) is 9.19. The molecule has 0 radical (unpaired) electrons. The van der Waals surface area contributed by atoms with Crippen molar-refractivity contribution in [2.45, 2.75) is 39.0 Å². The number of ether oxygens (including phenoxy) is 1. The molecule has 2 rings (SSSR count). The highest BCUT2D eigenvalue weighted by molar-refractivity contribution is 5.27. The second-order valence-corrected chi connectivity index (χ2v) is 5.00. The molecule has 0 saturated carbocycles. The van der Waals surface area contributed by atoms with Crippen molar-refractivity contribution in [3.63, 3.8) is 0 Å². The minimum Gasteiger partial charge on any atom is -0.497 e. The lowest BCUT2D eigenvalue weighted by molar-refractivity contribution is 0.414. The summed E-state index contributed by atoms with van der Waals surface area (Å²) in [6.07, 6.45) is 3.05. The third-order valence-corrected chi connectivity index (χ3v) is 3.10. The maximum absolute atomic E-state index is 5.14. The van der Waals surface area contributed by atoms with Crippen molar-refractivity contribution in [2.24, 2.45) is 0 Å². The minimum atomic E-state index is 0.381. The van der Waals surface area contributed by atoms with Crippen molar-refractivity contribution in [3.05, 3.63) is 41.5 Å². The maximum Gasteiger partial charge on any atom is 0.153 e. The van der Waals surface area contributed by atoms with Crippen molar-refractivity contribution in [3.8, 4) is 5.75 Å². The van der Waals surface area contributed by atoms with Gasteiger partial charge in [-0.15, -0.1) is 0 Å². The Morgan fingerprint density at radius 1 is 1.16 bits per heavy atom. The normalized spacial score (nSPS) is 10.9. The van der Waals surface area contributed by atoms with Crippen LogP contribution in [0.5, 0.6) is 5.75 Å². The highest BCUT2D eigenvalue weighted by atomic mass is 16.5. The molecule has 0 atom stereocenters. The topological polar surface area (TPSA) is 50.8 Å². The molecule has 0 aliphatic carbocycles. The molecule has 4 heteroatoms. The van der Waals surface area contributed by atoms with E-state index in [9.17, 15) is 0 Å². The number of methoxy groups -OCH3 is 1. The largest absolute Gasteiger partial charge is 0.497 e. The molecule has 102 valence electrons. The van der Waals surface area contributed by atoms with E-state index in [1.54, 1.807) is 7.11 Å². The number of aromatic amines is 1. The van der Waals surface area contributed by atoms with Crippen LogP contribution in [-0.4, -0.2) is 22.3 Å². The van der Waals surface area contributed by atoms with Gasteiger partial charge >= 0.3 is 0 Å². The smallest absolute Gasteiger partial charge is 0.153 e. The van der Waals surface area contributed by atoms with Crippen LogP contribution >= 0.6 is 0 Å². The van der Waals surface area contributed by atoms with Crippen LogP contribution in [0.4, 0.5) is 0 Å². The summed E-state index contributed by atoms with van der Waals surface area (Å²) >= 11 is 0. The van der Waals surface area contributed by atoms with E-state index in [1.807, 2.05) is 12.1 Å². The lowest BCUT2D eigenvalue weighted by Gasteiger charge is -2.02. The number of aromatic nitrogens is 3. The Bertz CT molecular complexity index is 502. The molecule has 0 spiro atoms. The molecule has 1 aromatic carbocycles. The first kappa shape index (κ1) is 13.6. The van der Waals surface area contributed by atoms with Crippen LogP contribution in [0.3, 0.4) is 0 Å². The Hall–Kier alpha value is -1.84. The number of benzene rings is 1. The highest BCUT2D eigenvalue weighted by Gasteiger charge is 2.06. The third kappa shape index (κ3) is 3.81. The van der Waals surface area contributed by atoms with Crippen LogP contribution in [0.2, 0.25) is 0 Å². The molecule has 0 aliphatic rings. The summed E-state index contributed by atoms with van der Waals surface area (Å²) in [7, 11) is 1.69. The molecule has 0 bridgehead atoms. The molecule has 1 heterocycles. The van der Waals surface area contributed by atoms with Gasteiger partial charge in [0.25, 0.3) is 0 Å². The Balaban J connectivity index is 1.81. The van der Waals surface area contributed by atoms with E-state index in [1.165, 1.54) is 5.56 Å². The van der Waals surface area contributed by atoms with Gasteiger partial charge in [-0.3, -0.25) is 5.10 Å². The molecule has 1 N–H and O–H groups in total. The fourth-order valence-electron chi connectivity index (χ4n) is 1.93. The highest BCUT2D eigenvalue weighted by Crippen LogP contribution is 2.14. The van der Waals surface area contributed by atoms with Gasteiger partial charge in [0, 0.05) is 12.3 Å². The van der Waals surface area contributed by atoms with Crippen molar-refractivity contribution in [2.75, 3.05) is 7.11 Å². The van der Waals surface area contributed by atoms with Crippen molar-refractivity contribution in [1.29, 1.82) is 0 Å². The summed E-state index contributed by atoms with van der Waals surface area (Å²) in [6.45, 7) is 4.20. The molecule has 0 amide bonds. The van der Waals surface area contributed by atoms with E-state index in [0.717, 1.165) is 36.7 Å². The molecular weight excluding hydrogens is 238 g/mol. The third-order valence-electron chi connectivity index (χ3n) is 3.10. The molecular formula is C15H21N3O. The summed E-state index contributed by atoms with van der Waals surface area (Å²) in [6, 6.07) is 8.22. The fraction of sp³-hybridized carbons (Fsp3) is 0.467. The van der Waals surface area contributed by atoms with E-state index in [0.29, 0.717) is 5.92 Å². The first-order valence-corrected chi connectivity index (χ1v) is 6.73. The first-order valence-electron chi connectivity index (χ1n) is 6.73. The number of hydrogen-bond donors (Lipinski definition) is 1. The molecule has 1 aromatic heterocycles. The lowest BCUT2D eigenvalue weighted by Crippen LogP contribution is -1.93. The zero-order chi connectivity index (χ0) is 13.7. The molecule has 4 nitrogen and oxygen atoms in total. The summed E-state index contributed by atoms with van der Waals surface area (Å²) in [5, 5.41) is 7.22. The lowest BCUT2D eigenvalue weighted by atomic mass is 10.1. The van der Waals surface area contributed by atoms with Gasteiger partial charge < -0.3 is 4.74 Å². The van der Waals surface area contributed by atoms with Crippen LogP contribution in [0.15, 0.2) is 24.3 Å². The molecule has 0 unspecified atom stereocenters. The molecule has 19 heavy (non-hydrogen) atoms. The number of rotatable bonds is 6. The van der Waals surface area contributed by atoms with E-state index >= 15 is 0 Å². The van der Waals surface area contributed by atoms with Gasteiger partial charge in [-0.1, -0.05) is 26.0 Å². The van der Waals surface area contributed by atoms with Crippen molar-refractivity contribution < 1.29 is 4.74 Å². The molecule has 0 fully saturated rings. The monoisotopic (exact) mass is 259 g/mol. The predicted octanol–water partition coefficient (Wildman–Crippen LogP) is 3.11. The van der Waals surface area contributed by atoms with Crippen molar-refractivity contribution in [1.82, 2.24) is 15.2 Å². The van der Waals surface area contributed by atoms with E-state index < -0.39 is 0 Å². The van der Waals surface area contributed by atoms with E-state index in [2.05, 4.69) is 41.2 Å². The Morgan fingerprint density at radius 3 is 2.47 bits per heavy atom. The number of hydrogen-bond acceptors (Lipinski definition) is 3. The molecule has 2 aromatic rings. The van der Waals surface area contributed by atoms with Crippen LogP contribution in [0.25, 0.3) is 0 Å². The SMILES string of the molecule is COc1ccc(CCCc2nc(C(C)C)n[nH]2)cc1. The Labute approximate surface area is 114 Å². The average Bonchev–Trinajstić information content (AvgIpc) is 2.89. The Morgan fingerprint density at radius 2 is 1.89 bits per heavy atom. The number of aryl methyl sites for hydroxylation is 2. The van der Waals surface area contributed by atoms with E-state index in [4.69, 9.17) is 4.74 Å². The van der Waals surface area contributed by atoms with Gasteiger partial charge in [0.2, 0.25) is 0 Å². The average molecular weight is 259 g/mol. The second-order valence-electron chi connectivity index (χ2n) is 5.00. The van der Waals surface area contributed by atoms with Gasteiger partial charge in [0.05, 0.1) is 7.11 Å². The van der Waals surface area contributed by atoms with Gasteiger partial charge in [0.1, 0.15) is 11.6 Å². The number of H-pyrrole nitrogens is 1. The zero-order valence-corrected chi connectivity index (χ0v) is 11.8.